The first-order valence-electron chi connectivity index (χ1n) is 13.3. The quantitative estimate of drug-likeness (QED) is 0.291. The number of piperazine rings is 1. The molecule has 4 aromatic rings. The number of hydrogen-bond acceptors (Lipinski definition) is 8. The molecule has 0 radical (unpaired) electrons. The minimum absolute atomic E-state index is 0.0267. The van der Waals surface area contributed by atoms with E-state index in [2.05, 4.69) is 31.7 Å². The van der Waals surface area contributed by atoms with Crippen molar-refractivity contribution in [3.05, 3.63) is 53.2 Å². The van der Waals surface area contributed by atoms with Gasteiger partial charge in [0.25, 0.3) is 0 Å². The highest BCUT2D eigenvalue weighted by Crippen LogP contribution is 2.38. The van der Waals surface area contributed by atoms with E-state index in [4.69, 9.17) is 16.3 Å². The normalized spacial score (nSPS) is 15.3. The van der Waals surface area contributed by atoms with Gasteiger partial charge in [-0.2, -0.15) is 15.2 Å². The topological polar surface area (TPSA) is 116 Å². The van der Waals surface area contributed by atoms with E-state index in [1.807, 2.05) is 4.90 Å². The summed E-state index contributed by atoms with van der Waals surface area (Å²) >= 11 is 6.32. The van der Waals surface area contributed by atoms with Crippen LogP contribution in [0.2, 0.25) is 5.02 Å². The van der Waals surface area contributed by atoms with Gasteiger partial charge in [-0.15, -0.1) is 0 Å². The van der Waals surface area contributed by atoms with Crippen LogP contribution in [0.25, 0.3) is 32.9 Å². The second-order valence-electron chi connectivity index (χ2n) is 10.0. The average Bonchev–Trinajstić information content (AvgIpc) is 2.97. The van der Waals surface area contributed by atoms with Gasteiger partial charge in [-0.25, -0.2) is 8.78 Å². The number of rotatable bonds is 8. The summed E-state index contributed by atoms with van der Waals surface area (Å²) in [6.45, 7) is 5.48. The molecule has 0 bridgehead atoms. The van der Waals surface area contributed by atoms with Gasteiger partial charge in [-0.05, 0) is 11.5 Å². The minimum atomic E-state index is -0.736. The number of fused-ring (bicyclic) bond motifs is 2. The highest BCUT2D eigenvalue weighted by Gasteiger charge is 2.26. The summed E-state index contributed by atoms with van der Waals surface area (Å²) in [5, 5.41) is 16.5. The maximum absolute atomic E-state index is 16.3. The van der Waals surface area contributed by atoms with Crippen LogP contribution in [0.3, 0.4) is 0 Å². The van der Waals surface area contributed by atoms with Gasteiger partial charge in [-0.1, -0.05) is 49.7 Å². The molecule has 1 unspecified atom stereocenters. The Morgan fingerprint density at radius 3 is 2.90 bits per heavy atom. The molecule has 1 amide bonds. The number of carbonyl (C=O) groups is 1. The molecule has 2 N–H and O–H groups in total. The van der Waals surface area contributed by atoms with Gasteiger partial charge in [0, 0.05) is 48.7 Å². The Hall–Kier alpha value is -4.14. The molecule has 212 valence electrons. The monoisotopic (exact) mass is 579 g/mol. The van der Waals surface area contributed by atoms with Crippen molar-refractivity contribution in [1.82, 2.24) is 25.6 Å². The fourth-order valence-corrected chi connectivity index (χ4v) is 5.08. The molecule has 1 saturated heterocycles. The van der Waals surface area contributed by atoms with Gasteiger partial charge in [0.2, 0.25) is 5.91 Å². The Kier molecular flexibility index (Phi) is 8.42. The van der Waals surface area contributed by atoms with E-state index in [0.29, 0.717) is 53.6 Å². The average molecular weight is 580 g/mol. The van der Waals surface area contributed by atoms with Gasteiger partial charge >= 0.3 is 6.01 Å². The largest absolute Gasteiger partial charge is 0.462 e. The van der Waals surface area contributed by atoms with Gasteiger partial charge in [-0.3, -0.25) is 9.78 Å². The molecule has 3 heterocycles. The summed E-state index contributed by atoms with van der Waals surface area (Å²) in [6, 6.07) is 9.96. The predicted molar refractivity (Wildman–Crippen MR) is 153 cm³/mol. The van der Waals surface area contributed by atoms with Crippen molar-refractivity contribution in [2.45, 2.75) is 26.3 Å². The molecule has 0 saturated carbocycles. The molecule has 41 heavy (non-hydrogen) atoms. The molecule has 0 spiro atoms. The summed E-state index contributed by atoms with van der Waals surface area (Å²) in [5.41, 5.74) is 0.251. The van der Waals surface area contributed by atoms with Crippen molar-refractivity contribution in [2.24, 2.45) is 5.92 Å². The van der Waals surface area contributed by atoms with Gasteiger partial charge in [0.05, 0.1) is 29.4 Å². The van der Waals surface area contributed by atoms with Crippen LogP contribution in [-0.2, 0) is 4.79 Å². The number of amides is 1. The lowest BCUT2D eigenvalue weighted by Gasteiger charge is -2.34. The van der Waals surface area contributed by atoms with Crippen molar-refractivity contribution in [3.63, 3.8) is 0 Å². The van der Waals surface area contributed by atoms with Crippen molar-refractivity contribution < 1.29 is 18.3 Å². The SMILES string of the molecule is CC(C)C(=O)NCCOc1nc(N2CCNC(CC#N)C2)c2cnc(-c3cccc4ccc(F)c(Cl)c34)c(F)c2n1. The second kappa shape index (κ2) is 12.2. The Bertz CT molecular complexity index is 1660. The van der Waals surface area contributed by atoms with Crippen LogP contribution in [0.5, 0.6) is 6.01 Å². The third-order valence-corrected chi connectivity index (χ3v) is 7.25. The molecular formula is C29H28ClF2N7O2. The minimum Gasteiger partial charge on any atom is -0.462 e. The van der Waals surface area contributed by atoms with Crippen molar-refractivity contribution in [2.75, 3.05) is 37.7 Å². The number of carbonyl (C=O) groups excluding carboxylic acids is 1. The maximum atomic E-state index is 16.3. The number of ether oxygens (including phenoxy) is 1. The summed E-state index contributed by atoms with van der Waals surface area (Å²) in [7, 11) is 0. The Morgan fingerprint density at radius 1 is 1.29 bits per heavy atom. The molecule has 2 aromatic carbocycles. The molecule has 1 aliphatic rings. The third kappa shape index (κ3) is 5.85. The molecule has 2 aromatic heterocycles. The van der Waals surface area contributed by atoms with Crippen LogP contribution in [0, 0.1) is 28.9 Å². The summed E-state index contributed by atoms with van der Waals surface area (Å²) in [5.74, 6) is -1.24. The zero-order valence-electron chi connectivity index (χ0n) is 22.5. The molecule has 0 aliphatic carbocycles. The number of pyridine rings is 1. The number of nitriles is 1. The molecule has 1 aliphatic heterocycles. The number of nitrogens with zero attached hydrogens (tertiary/aromatic N) is 5. The van der Waals surface area contributed by atoms with Crippen LogP contribution in [-0.4, -0.2) is 59.7 Å². The summed E-state index contributed by atoms with van der Waals surface area (Å²) < 4.78 is 36.5. The summed E-state index contributed by atoms with van der Waals surface area (Å²) in [4.78, 5) is 27.2. The van der Waals surface area contributed by atoms with E-state index in [1.165, 1.54) is 12.3 Å². The van der Waals surface area contributed by atoms with Gasteiger partial charge < -0.3 is 20.3 Å². The van der Waals surface area contributed by atoms with E-state index in [-0.39, 0.29) is 53.3 Å². The number of hydrogen-bond donors (Lipinski definition) is 2. The third-order valence-electron chi connectivity index (χ3n) is 6.88. The van der Waals surface area contributed by atoms with Crippen LogP contribution in [0.15, 0.2) is 36.5 Å². The zero-order chi connectivity index (χ0) is 29.1. The number of benzene rings is 2. The first-order chi connectivity index (χ1) is 19.8. The second-order valence-corrected chi connectivity index (χ2v) is 10.4. The van der Waals surface area contributed by atoms with E-state index in [9.17, 15) is 14.4 Å². The zero-order valence-corrected chi connectivity index (χ0v) is 23.3. The standard InChI is InChI=1S/C29H28ClF2N7O2/c1-16(2)28(40)35-11-13-41-29-37-26-20(27(38-29)39-12-10-34-18(15-39)8-9-33)14-36-25(24(26)32)19-5-3-4-17-6-7-21(31)23(30)22(17)19/h3-7,14,16,18,34H,8,10-13,15H2,1-2H3,(H,35,40). The molecular weight excluding hydrogens is 552 g/mol. The smallest absolute Gasteiger partial charge is 0.319 e. The van der Waals surface area contributed by atoms with Crippen LogP contribution in [0.4, 0.5) is 14.6 Å². The molecule has 1 fully saturated rings. The van der Waals surface area contributed by atoms with E-state index in [0.717, 1.165) is 0 Å². The predicted octanol–water partition coefficient (Wildman–Crippen LogP) is 4.62. The fourth-order valence-electron chi connectivity index (χ4n) is 4.81. The molecule has 9 nitrogen and oxygen atoms in total. The van der Waals surface area contributed by atoms with Crippen molar-refractivity contribution in [1.29, 1.82) is 5.26 Å². The van der Waals surface area contributed by atoms with E-state index < -0.39 is 11.6 Å². The number of halogens is 3. The Balaban J connectivity index is 1.59. The number of nitrogens with one attached hydrogen (secondary N) is 2. The fraction of sp³-hybridized carbons (Fsp3) is 0.345. The van der Waals surface area contributed by atoms with Crippen molar-refractivity contribution >= 4 is 45.0 Å². The van der Waals surface area contributed by atoms with Crippen LogP contribution in [0.1, 0.15) is 20.3 Å². The van der Waals surface area contributed by atoms with Gasteiger partial charge in [0.15, 0.2) is 5.82 Å². The first kappa shape index (κ1) is 28.4. The summed E-state index contributed by atoms with van der Waals surface area (Å²) in [6.07, 6.45) is 1.79. The van der Waals surface area contributed by atoms with E-state index >= 15 is 4.39 Å². The molecule has 1 atom stereocenters. The Labute approximate surface area is 240 Å². The lowest BCUT2D eigenvalue weighted by Crippen LogP contribution is -2.51. The lowest BCUT2D eigenvalue weighted by atomic mass is 10.0. The Morgan fingerprint density at radius 2 is 2.12 bits per heavy atom. The lowest BCUT2D eigenvalue weighted by molar-refractivity contribution is -0.124. The van der Waals surface area contributed by atoms with Crippen LogP contribution >= 0.6 is 11.6 Å². The van der Waals surface area contributed by atoms with Crippen LogP contribution < -0.4 is 20.3 Å². The molecule has 5 rings (SSSR count). The number of anilines is 1. The first-order valence-corrected chi connectivity index (χ1v) is 13.7. The highest BCUT2D eigenvalue weighted by molar-refractivity contribution is 6.36. The van der Waals surface area contributed by atoms with Gasteiger partial charge in [0.1, 0.15) is 29.5 Å². The van der Waals surface area contributed by atoms with Crippen molar-refractivity contribution in [3.8, 4) is 23.3 Å². The van der Waals surface area contributed by atoms with E-state index in [1.54, 1.807) is 38.1 Å². The number of aromatic nitrogens is 3. The highest BCUT2D eigenvalue weighted by atomic mass is 35.5. The molecule has 12 heteroatoms. The maximum Gasteiger partial charge on any atom is 0.319 e.